The molecule has 1 atom stereocenters. The van der Waals surface area contributed by atoms with E-state index in [1.807, 2.05) is 0 Å². The molecule has 3 N–H and O–H groups in total. The summed E-state index contributed by atoms with van der Waals surface area (Å²) in [5, 5.41) is 3.61. The molecule has 0 radical (unpaired) electrons. The van der Waals surface area contributed by atoms with Crippen LogP contribution in [0.2, 0.25) is 0 Å². The fraction of sp³-hybridized carbons (Fsp3) is 0.650. The highest BCUT2D eigenvalue weighted by Crippen LogP contribution is 2.30. The summed E-state index contributed by atoms with van der Waals surface area (Å²) in [5.41, 5.74) is 8.26. The van der Waals surface area contributed by atoms with Gasteiger partial charge in [-0.25, -0.2) is 0 Å². The number of primary amides is 1. The summed E-state index contributed by atoms with van der Waals surface area (Å²) in [7, 11) is 0. The maximum atomic E-state index is 11.4. The van der Waals surface area contributed by atoms with E-state index < -0.39 is 0 Å². The topological polar surface area (TPSA) is 67.6 Å². The van der Waals surface area contributed by atoms with Crippen molar-refractivity contribution in [2.75, 3.05) is 38.2 Å². The number of rotatable bonds is 6. The Balaban J connectivity index is 1.55. The summed E-state index contributed by atoms with van der Waals surface area (Å²) in [6.45, 7) is 7.76. The number of piperidine rings is 1. The van der Waals surface area contributed by atoms with Crippen LogP contribution in [0.3, 0.4) is 0 Å². The average molecular weight is 345 g/mol. The van der Waals surface area contributed by atoms with E-state index in [9.17, 15) is 4.79 Å². The van der Waals surface area contributed by atoms with E-state index >= 15 is 0 Å². The Morgan fingerprint density at radius 2 is 2.20 bits per heavy atom. The van der Waals surface area contributed by atoms with E-state index in [1.165, 1.54) is 11.3 Å². The van der Waals surface area contributed by atoms with Crippen LogP contribution in [0.1, 0.15) is 38.2 Å². The number of ether oxygens (including phenoxy) is 1. The first-order chi connectivity index (χ1) is 12.0. The van der Waals surface area contributed by atoms with Crippen LogP contribution in [0.5, 0.6) is 0 Å². The number of likely N-dealkylation sites (tertiary alicyclic amines) is 1. The normalized spacial score (nSPS) is 24.0. The monoisotopic (exact) mass is 345 g/mol. The van der Waals surface area contributed by atoms with Crippen molar-refractivity contribution < 1.29 is 9.53 Å². The Hall–Kier alpha value is -1.59. The van der Waals surface area contributed by atoms with Crippen molar-refractivity contribution in [1.29, 1.82) is 0 Å². The Morgan fingerprint density at radius 1 is 1.40 bits per heavy atom. The van der Waals surface area contributed by atoms with Gasteiger partial charge in [-0.1, -0.05) is 19.1 Å². The molecule has 138 valence electrons. The van der Waals surface area contributed by atoms with Gasteiger partial charge in [-0.3, -0.25) is 9.69 Å². The minimum absolute atomic E-state index is 0.00327. The molecular weight excluding hydrogens is 314 g/mol. The van der Waals surface area contributed by atoms with E-state index in [4.69, 9.17) is 10.5 Å². The second-order valence-corrected chi connectivity index (χ2v) is 7.95. The van der Waals surface area contributed by atoms with Crippen LogP contribution in [0.4, 0.5) is 5.69 Å². The van der Waals surface area contributed by atoms with Crippen molar-refractivity contribution in [1.82, 2.24) is 4.90 Å². The van der Waals surface area contributed by atoms with Gasteiger partial charge in [0.25, 0.3) is 0 Å². The van der Waals surface area contributed by atoms with Gasteiger partial charge in [0, 0.05) is 38.5 Å². The third kappa shape index (κ3) is 5.19. The van der Waals surface area contributed by atoms with Crippen LogP contribution in [-0.2, 0) is 16.1 Å². The molecule has 1 amide bonds. The van der Waals surface area contributed by atoms with Gasteiger partial charge in [-0.2, -0.15) is 0 Å². The Morgan fingerprint density at radius 3 is 2.96 bits per heavy atom. The van der Waals surface area contributed by atoms with E-state index in [0.29, 0.717) is 5.41 Å². The molecule has 2 aliphatic heterocycles. The molecule has 5 nitrogen and oxygen atoms in total. The van der Waals surface area contributed by atoms with Gasteiger partial charge in [-0.05, 0) is 55.3 Å². The van der Waals surface area contributed by atoms with Crippen molar-refractivity contribution >= 4 is 11.6 Å². The lowest BCUT2D eigenvalue weighted by atomic mass is 9.82. The standard InChI is InChI=1S/C20H31N3O2/c1-20(7-10-25-11-8-20)15-22-18-6-2-4-16(12-18)13-23-9-3-5-17(14-23)19(21)24/h2,4,6,12,17,22H,3,5,7-11,13-15H2,1H3,(H2,21,24). The summed E-state index contributed by atoms with van der Waals surface area (Å²) in [6.07, 6.45) is 4.20. The van der Waals surface area contributed by atoms with Gasteiger partial charge >= 0.3 is 0 Å². The van der Waals surface area contributed by atoms with Crippen LogP contribution in [0.25, 0.3) is 0 Å². The molecule has 2 heterocycles. The van der Waals surface area contributed by atoms with Crippen molar-refractivity contribution in [3.05, 3.63) is 29.8 Å². The highest BCUT2D eigenvalue weighted by atomic mass is 16.5. The SMILES string of the molecule is CC1(CNc2cccc(CN3CCCC(C(N)=O)C3)c2)CCOCC1. The van der Waals surface area contributed by atoms with Crippen LogP contribution in [0.15, 0.2) is 24.3 Å². The molecule has 0 bridgehead atoms. The molecule has 1 aromatic rings. The molecule has 0 spiro atoms. The minimum Gasteiger partial charge on any atom is -0.384 e. The zero-order valence-corrected chi connectivity index (χ0v) is 15.3. The Labute approximate surface area is 150 Å². The number of nitrogens with one attached hydrogen (secondary N) is 1. The Bertz CT molecular complexity index is 584. The number of benzene rings is 1. The molecule has 0 aromatic heterocycles. The third-order valence-corrected chi connectivity index (χ3v) is 5.66. The van der Waals surface area contributed by atoms with E-state index in [2.05, 4.69) is 41.4 Å². The zero-order chi connectivity index (χ0) is 17.7. The summed E-state index contributed by atoms with van der Waals surface area (Å²) < 4.78 is 5.48. The fourth-order valence-corrected chi connectivity index (χ4v) is 3.83. The zero-order valence-electron chi connectivity index (χ0n) is 15.3. The van der Waals surface area contributed by atoms with Crippen molar-refractivity contribution in [2.24, 2.45) is 17.1 Å². The summed E-state index contributed by atoms with van der Waals surface area (Å²) in [5.74, 6) is -0.159. The molecule has 1 unspecified atom stereocenters. The van der Waals surface area contributed by atoms with E-state index in [0.717, 1.165) is 65.1 Å². The van der Waals surface area contributed by atoms with Crippen LogP contribution in [-0.4, -0.2) is 43.7 Å². The number of carbonyl (C=O) groups excluding carboxylic acids is 1. The maximum absolute atomic E-state index is 11.4. The fourth-order valence-electron chi connectivity index (χ4n) is 3.83. The van der Waals surface area contributed by atoms with E-state index in [-0.39, 0.29) is 11.8 Å². The van der Waals surface area contributed by atoms with Crippen LogP contribution in [0, 0.1) is 11.3 Å². The highest BCUT2D eigenvalue weighted by Gasteiger charge is 2.27. The number of nitrogens with zero attached hydrogens (tertiary/aromatic N) is 1. The summed E-state index contributed by atoms with van der Waals surface area (Å²) >= 11 is 0. The van der Waals surface area contributed by atoms with Crippen LogP contribution < -0.4 is 11.1 Å². The van der Waals surface area contributed by atoms with Gasteiger partial charge in [0.2, 0.25) is 5.91 Å². The molecular formula is C20H31N3O2. The van der Waals surface area contributed by atoms with Gasteiger partial charge in [0.1, 0.15) is 0 Å². The van der Waals surface area contributed by atoms with Gasteiger partial charge in [0.05, 0.1) is 5.92 Å². The average Bonchev–Trinajstić information content (AvgIpc) is 2.61. The molecule has 2 aliphatic rings. The molecule has 2 fully saturated rings. The lowest BCUT2D eigenvalue weighted by molar-refractivity contribution is -0.123. The molecule has 0 saturated carbocycles. The summed E-state index contributed by atoms with van der Waals surface area (Å²) in [4.78, 5) is 13.8. The predicted molar refractivity (Wildman–Crippen MR) is 100 cm³/mol. The molecule has 5 heteroatoms. The van der Waals surface area contributed by atoms with Crippen molar-refractivity contribution in [2.45, 2.75) is 39.2 Å². The number of hydrogen-bond acceptors (Lipinski definition) is 4. The number of amides is 1. The second kappa shape index (κ2) is 8.19. The van der Waals surface area contributed by atoms with Crippen molar-refractivity contribution in [3.8, 4) is 0 Å². The Kier molecular flexibility index (Phi) is 5.97. The first kappa shape index (κ1) is 18.2. The molecule has 1 aromatic carbocycles. The molecule has 3 rings (SSSR count). The maximum Gasteiger partial charge on any atom is 0.221 e. The largest absolute Gasteiger partial charge is 0.384 e. The number of hydrogen-bond donors (Lipinski definition) is 2. The second-order valence-electron chi connectivity index (χ2n) is 7.95. The lowest BCUT2D eigenvalue weighted by Crippen LogP contribution is -2.40. The van der Waals surface area contributed by atoms with Gasteiger partial charge < -0.3 is 15.8 Å². The number of nitrogens with two attached hydrogens (primary N) is 1. The predicted octanol–water partition coefficient (Wildman–Crippen LogP) is 2.61. The minimum atomic E-state index is -0.162. The quantitative estimate of drug-likeness (QED) is 0.832. The van der Waals surface area contributed by atoms with E-state index in [1.54, 1.807) is 0 Å². The van der Waals surface area contributed by atoms with Gasteiger partial charge in [-0.15, -0.1) is 0 Å². The smallest absolute Gasteiger partial charge is 0.221 e. The lowest BCUT2D eigenvalue weighted by Gasteiger charge is -2.34. The van der Waals surface area contributed by atoms with Crippen LogP contribution >= 0.6 is 0 Å². The third-order valence-electron chi connectivity index (χ3n) is 5.66. The van der Waals surface area contributed by atoms with Gasteiger partial charge in [0.15, 0.2) is 0 Å². The highest BCUT2D eigenvalue weighted by molar-refractivity contribution is 5.76. The number of anilines is 1. The molecule has 0 aliphatic carbocycles. The molecule has 2 saturated heterocycles. The molecule has 25 heavy (non-hydrogen) atoms. The van der Waals surface area contributed by atoms with Crippen molar-refractivity contribution in [3.63, 3.8) is 0 Å². The summed E-state index contributed by atoms with van der Waals surface area (Å²) in [6, 6.07) is 8.64. The first-order valence-electron chi connectivity index (χ1n) is 9.46. The number of carbonyl (C=O) groups is 1. The first-order valence-corrected chi connectivity index (χ1v) is 9.46.